The molecule has 0 bridgehead atoms. The molecular formula is C45H27N3O. The van der Waals surface area contributed by atoms with Crippen molar-refractivity contribution in [2.45, 2.75) is 0 Å². The van der Waals surface area contributed by atoms with Crippen LogP contribution in [0.4, 0.5) is 0 Å². The van der Waals surface area contributed by atoms with Gasteiger partial charge in [0.05, 0.1) is 11.4 Å². The maximum atomic E-state index is 6.24. The predicted octanol–water partition coefficient (Wildman–Crippen LogP) is 11.9. The molecule has 0 saturated heterocycles. The SMILES string of the molecule is c1ccc(-c2nc3c(ccc4ccc5cc(-c6nc(-c7ccc8ccccc8c7)cc(-c7ccc8ccccc8c7)n6)ccc5c43)o2)cc1. The molecule has 0 radical (unpaired) electrons. The van der Waals surface area contributed by atoms with E-state index in [0.717, 1.165) is 66.3 Å². The summed E-state index contributed by atoms with van der Waals surface area (Å²) < 4.78 is 6.24. The Morgan fingerprint density at radius 2 is 0.918 bits per heavy atom. The highest BCUT2D eigenvalue weighted by Crippen LogP contribution is 2.37. The Balaban J connectivity index is 1.15. The molecule has 2 heterocycles. The van der Waals surface area contributed by atoms with Crippen LogP contribution in [0.5, 0.6) is 0 Å². The first-order chi connectivity index (χ1) is 24.2. The van der Waals surface area contributed by atoms with Crippen LogP contribution in [0.3, 0.4) is 0 Å². The molecule has 0 fully saturated rings. The van der Waals surface area contributed by atoms with Gasteiger partial charge in [0, 0.05) is 27.6 Å². The largest absolute Gasteiger partial charge is 0.436 e. The summed E-state index contributed by atoms with van der Waals surface area (Å²) in [5.74, 6) is 1.30. The predicted molar refractivity (Wildman–Crippen MR) is 201 cm³/mol. The van der Waals surface area contributed by atoms with Gasteiger partial charge in [-0.1, -0.05) is 121 Å². The Hall–Kier alpha value is -6.65. The van der Waals surface area contributed by atoms with Crippen LogP contribution in [0.2, 0.25) is 0 Å². The smallest absolute Gasteiger partial charge is 0.227 e. The highest BCUT2D eigenvalue weighted by atomic mass is 16.3. The van der Waals surface area contributed by atoms with Gasteiger partial charge in [0.2, 0.25) is 5.89 Å². The Bertz CT molecular complexity index is 2790. The molecule has 0 aliphatic carbocycles. The van der Waals surface area contributed by atoms with Gasteiger partial charge in [0.25, 0.3) is 0 Å². The quantitative estimate of drug-likeness (QED) is 0.183. The van der Waals surface area contributed by atoms with Crippen molar-refractivity contribution < 1.29 is 4.42 Å². The molecule has 10 aromatic rings. The minimum Gasteiger partial charge on any atom is -0.436 e. The van der Waals surface area contributed by atoms with Gasteiger partial charge in [-0.15, -0.1) is 0 Å². The fourth-order valence-electron chi connectivity index (χ4n) is 6.95. The van der Waals surface area contributed by atoms with Crippen LogP contribution in [0.1, 0.15) is 0 Å². The van der Waals surface area contributed by atoms with Crippen LogP contribution >= 0.6 is 0 Å². The second kappa shape index (κ2) is 11.0. The van der Waals surface area contributed by atoms with E-state index in [-0.39, 0.29) is 0 Å². The standard InChI is InChI=1S/C45H27N3O/c1-2-10-31(11-3-1)45-48-43-41(49-45)23-21-30-16-17-34-26-37(20-22-38(34)42(30)43)44-46-39(35-18-14-28-8-4-6-12-32(28)24-35)27-40(47-44)36-19-15-29-9-5-7-13-33(29)25-36/h1-27H. The van der Waals surface area contributed by atoms with E-state index in [1.54, 1.807) is 0 Å². The third-order valence-corrected chi connectivity index (χ3v) is 9.45. The Labute approximate surface area is 282 Å². The van der Waals surface area contributed by atoms with Crippen molar-refractivity contribution in [1.82, 2.24) is 15.0 Å². The minimum absolute atomic E-state index is 0.622. The number of hydrogen-bond donors (Lipinski definition) is 0. The summed E-state index contributed by atoms with van der Waals surface area (Å²) in [5.41, 5.74) is 7.43. The average Bonchev–Trinajstić information content (AvgIpc) is 3.62. The molecule has 49 heavy (non-hydrogen) atoms. The van der Waals surface area contributed by atoms with Crippen LogP contribution in [0, 0.1) is 0 Å². The van der Waals surface area contributed by atoms with E-state index in [0.29, 0.717) is 11.7 Å². The van der Waals surface area contributed by atoms with E-state index in [2.05, 4.69) is 127 Å². The summed E-state index contributed by atoms with van der Waals surface area (Å²) in [6.07, 6.45) is 0. The molecule has 0 N–H and O–H groups in total. The zero-order valence-corrected chi connectivity index (χ0v) is 26.3. The number of benzene rings is 8. The van der Waals surface area contributed by atoms with E-state index in [1.807, 2.05) is 36.4 Å². The fraction of sp³-hybridized carbons (Fsp3) is 0. The molecule has 2 aromatic heterocycles. The van der Waals surface area contributed by atoms with Crippen molar-refractivity contribution in [3.63, 3.8) is 0 Å². The van der Waals surface area contributed by atoms with Crippen molar-refractivity contribution in [1.29, 1.82) is 0 Å². The van der Waals surface area contributed by atoms with E-state index < -0.39 is 0 Å². The molecule has 4 heteroatoms. The minimum atomic E-state index is 0.622. The normalized spacial score (nSPS) is 11.7. The van der Waals surface area contributed by atoms with Gasteiger partial charge < -0.3 is 4.42 Å². The molecule has 0 unspecified atom stereocenters. The van der Waals surface area contributed by atoms with E-state index in [9.17, 15) is 0 Å². The van der Waals surface area contributed by atoms with Crippen LogP contribution in [0.25, 0.3) is 99.5 Å². The summed E-state index contributed by atoms with van der Waals surface area (Å²) in [6, 6.07) is 57.0. The zero-order valence-electron chi connectivity index (χ0n) is 26.3. The maximum Gasteiger partial charge on any atom is 0.227 e. The fourth-order valence-corrected chi connectivity index (χ4v) is 6.95. The van der Waals surface area contributed by atoms with Crippen molar-refractivity contribution >= 4 is 54.2 Å². The number of aromatic nitrogens is 3. The van der Waals surface area contributed by atoms with Gasteiger partial charge in [-0.2, -0.15) is 0 Å². The van der Waals surface area contributed by atoms with Gasteiger partial charge >= 0.3 is 0 Å². The lowest BCUT2D eigenvalue weighted by atomic mass is 9.98. The van der Waals surface area contributed by atoms with Crippen LogP contribution in [0.15, 0.2) is 168 Å². The van der Waals surface area contributed by atoms with Gasteiger partial charge in [-0.05, 0) is 80.2 Å². The van der Waals surface area contributed by atoms with Crippen LogP contribution in [-0.4, -0.2) is 15.0 Å². The van der Waals surface area contributed by atoms with Crippen LogP contribution < -0.4 is 0 Å². The molecule has 0 aliphatic heterocycles. The summed E-state index contributed by atoms with van der Waals surface area (Å²) in [5, 5.41) is 9.17. The first kappa shape index (κ1) is 27.5. The summed E-state index contributed by atoms with van der Waals surface area (Å²) in [4.78, 5) is 15.4. The second-order valence-corrected chi connectivity index (χ2v) is 12.5. The lowest BCUT2D eigenvalue weighted by Crippen LogP contribution is -1.96. The van der Waals surface area contributed by atoms with Gasteiger partial charge in [-0.25, -0.2) is 15.0 Å². The topological polar surface area (TPSA) is 51.8 Å². The molecule has 228 valence electrons. The number of oxazole rings is 1. The highest BCUT2D eigenvalue weighted by molar-refractivity contribution is 6.18. The molecular weight excluding hydrogens is 599 g/mol. The van der Waals surface area contributed by atoms with Gasteiger partial charge in [0.15, 0.2) is 11.4 Å². The lowest BCUT2D eigenvalue weighted by Gasteiger charge is -2.12. The first-order valence-electron chi connectivity index (χ1n) is 16.4. The third kappa shape index (κ3) is 4.73. The molecule has 0 aliphatic rings. The van der Waals surface area contributed by atoms with Gasteiger partial charge in [0.1, 0.15) is 5.52 Å². The summed E-state index contributed by atoms with van der Waals surface area (Å²) in [7, 11) is 0. The number of nitrogens with zero attached hydrogens (tertiary/aromatic N) is 3. The molecule has 0 amide bonds. The van der Waals surface area contributed by atoms with Crippen LogP contribution in [-0.2, 0) is 0 Å². The first-order valence-corrected chi connectivity index (χ1v) is 16.4. The third-order valence-electron chi connectivity index (χ3n) is 9.45. The summed E-state index contributed by atoms with van der Waals surface area (Å²) >= 11 is 0. The maximum absolute atomic E-state index is 6.24. The molecule has 0 saturated carbocycles. The Morgan fingerprint density at radius 1 is 0.367 bits per heavy atom. The molecule has 0 atom stereocenters. The molecule has 0 spiro atoms. The van der Waals surface area contributed by atoms with Crippen molar-refractivity contribution in [3.05, 3.63) is 164 Å². The van der Waals surface area contributed by atoms with Crippen molar-refractivity contribution in [2.24, 2.45) is 0 Å². The average molecular weight is 626 g/mol. The summed E-state index contributed by atoms with van der Waals surface area (Å²) in [6.45, 7) is 0. The Morgan fingerprint density at radius 3 is 1.61 bits per heavy atom. The van der Waals surface area contributed by atoms with E-state index >= 15 is 0 Å². The lowest BCUT2D eigenvalue weighted by molar-refractivity contribution is 0.620. The molecule has 4 nitrogen and oxygen atoms in total. The van der Waals surface area contributed by atoms with Gasteiger partial charge in [-0.3, -0.25) is 0 Å². The number of hydrogen-bond acceptors (Lipinski definition) is 4. The number of rotatable bonds is 4. The Kier molecular flexibility index (Phi) is 6.15. The van der Waals surface area contributed by atoms with Crippen molar-refractivity contribution in [3.8, 4) is 45.4 Å². The zero-order chi connectivity index (χ0) is 32.3. The van der Waals surface area contributed by atoms with E-state index in [4.69, 9.17) is 19.4 Å². The number of fused-ring (bicyclic) bond motifs is 7. The molecule has 10 rings (SSSR count). The monoisotopic (exact) mass is 625 g/mol. The van der Waals surface area contributed by atoms with E-state index in [1.165, 1.54) is 21.5 Å². The highest BCUT2D eigenvalue weighted by Gasteiger charge is 2.16. The second-order valence-electron chi connectivity index (χ2n) is 12.5. The molecule has 8 aromatic carbocycles. The van der Waals surface area contributed by atoms with Crippen molar-refractivity contribution in [2.75, 3.05) is 0 Å².